The number of carbonyl (C=O) groups is 1. The molecule has 1 aliphatic rings. The van der Waals surface area contributed by atoms with Gasteiger partial charge in [-0.3, -0.25) is 4.79 Å². The van der Waals surface area contributed by atoms with Crippen molar-refractivity contribution in [2.24, 2.45) is 5.41 Å². The van der Waals surface area contributed by atoms with Gasteiger partial charge >= 0.3 is 6.18 Å². The van der Waals surface area contributed by atoms with Gasteiger partial charge in [0.15, 0.2) is 12.1 Å². The molecule has 1 saturated heterocycles. The van der Waals surface area contributed by atoms with Crippen LogP contribution in [0.4, 0.5) is 13.2 Å². The molecule has 0 bridgehead atoms. The summed E-state index contributed by atoms with van der Waals surface area (Å²) in [5, 5.41) is 4.07. The zero-order chi connectivity index (χ0) is 20.4. The maximum atomic E-state index is 13.3. The molecule has 6 nitrogen and oxygen atoms in total. The van der Waals surface area contributed by atoms with Crippen LogP contribution < -0.4 is 0 Å². The van der Waals surface area contributed by atoms with Crippen LogP contribution in [0, 0.1) is 5.41 Å². The number of ketones is 1. The van der Waals surface area contributed by atoms with Gasteiger partial charge in [0, 0.05) is 6.42 Å². The van der Waals surface area contributed by atoms with Gasteiger partial charge in [-0.05, 0) is 31.0 Å². The van der Waals surface area contributed by atoms with Crippen molar-refractivity contribution in [3.05, 3.63) is 48.0 Å². The Kier molecular flexibility index (Phi) is 5.85. The van der Waals surface area contributed by atoms with E-state index in [1.165, 1.54) is 29.5 Å². The van der Waals surface area contributed by atoms with Crippen molar-refractivity contribution >= 4 is 5.78 Å². The SMILES string of the molecule is CCC1OCC(C)(C(=O)C(Cc2ccc(C(F)(F)F)cc2)n2cncn2)CO1. The lowest BCUT2D eigenvalue weighted by atomic mass is 9.81. The van der Waals surface area contributed by atoms with Crippen LogP contribution in [0.3, 0.4) is 0 Å². The Hall–Kier alpha value is -2.26. The summed E-state index contributed by atoms with van der Waals surface area (Å²) in [5.74, 6) is -0.160. The number of halogens is 3. The summed E-state index contributed by atoms with van der Waals surface area (Å²) in [7, 11) is 0. The summed E-state index contributed by atoms with van der Waals surface area (Å²) < 4.78 is 51.0. The van der Waals surface area contributed by atoms with Crippen LogP contribution in [0.25, 0.3) is 0 Å². The summed E-state index contributed by atoms with van der Waals surface area (Å²) in [4.78, 5) is 17.2. The fourth-order valence-corrected chi connectivity index (χ4v) is 3.16. The van der Waals surface area contributed by atoms with Gasteiger partial charge in [-0.1, -0.05) is 19.1 Å². The van der Waals surface area contributed by atoms with Gasteiger partial charge in [-0.25, -0.2) is 9.67 Å². The molecule has 1 aliphatic heterocycles. The van der Waals surface area contributed by atoms with Crippen LogP contribution in [0.1, 0.15) is 37.4 Å². The van der Waals surface area contributed by atoms with Crippen LogP contribution >= 0.6 is 0 Å². The van der Waals surface area contributed by atoms with Gasteiger partial charge in [-0.2, -0.15) is 18.3 Å². The highest BCUT2D eigenvalue weighted by Crippen LogP contribution is 2.33. The first-order chi connectivity index (χ1) is 13.2. The van der Waals surface area contributed by atoms with Crippen molar-refractivity contribution in [1.82, 2.24) is 14.8 Å². The van der Waals surface area contributed by atoms with Crippen LogP contribution in [0.2, 0.25) is 0 Å². The normalized spacial score (nSPS) is 24.1. The minimum Gasteiger partial charge on any atom is -0.352 e. The second-order valence-electron chi connectivity index (χ2n) is 7.17. The first-order valence-corrected chi connectivity index (χ1v) is 9.01. The second-order valence-corrected chi connectivity index (χ2v) is 7.17. The van der Waals surface area contributed by atoms with Crippen molar-refractivity contribution in [3.63, 3.8) is 0 Å². The molecule has 0 N–H and O–H groups in total. The number of benzene rings is 1. The summed E-state index contributed by atoms with van der Waals surface area (Å²) in [6, 6.07) is 4.05. The highest BCUT2D eigenvalue weighted by molar-refractivity contribution is 5.88. The third kappa shape index (κ3) is 4.41. The number of Topliss-reactive ketones (excluding diaryl/α,β-unsaturated/α-hetero) is 1. The molecule has 0 amide bonds. The smallest absolute Gasteiger partial charge is 0.352 e. The summed E-state index contributed by atoms with van der Waals surface area (Å²) in [6.45, 7) is 4.11. The Labute approximate surface area is 160 Å². The largest absolute Gasteiger partial charge is 0.416 e. The van der Waals surface area contributed by atoms with E-state index in [1.807, 2.05) is 6.92 Å². The van der Waals surface area contributed by atoms with E-state index in [-0.39, 0.29) is 31.7 Å². The zero-order valence-electron chi connectivity index (χ0n) is 15.6. The van der Waals surface area contributed by atoms with Crippen LogP contribution in [0.15, 0.2) is 36.9 Å². The fourth-order valence-electron chi connectivity index (χ4n) is 3.16. The lowest BCUT2D eigenvalue weighted by Crippen LogP contribution is -2.48. The number of aromatic nitrogens is 3. The predicted molar refractivity (Wildman–Crippen MR) is 93.3 cm³/mol. The molecule has 152 valence electrons. The third-order valence-electron chi connectivity index (χ3n) is 4.87. The van der Waals surface area contributed by atoms with E-state index in [9.17, 15) is 18.0 Å². The van der Waals surface area contributed by atoms with Crippen molar-refractivity contribution in [2.45, 2.75) is 45.2 Å². The number of nitrogens with zero attached hydrogens (tertiary/aromatic N) is 3. The molecule has 0 saturated carbocycles. The number of carbonyl (C=O) groups excluding carboxylic acids is 1. The van der Waals surface area contributed by atoms with E-state index in [0.29, 0.717) is 12.0 Å². The summed E-state index contributed by atoms with van der Waals surface area (Å²) >= 11 is 0. The standard InChI is InChI=1S/C19H22F3N3O3/c1-3-16-27-9-18(2,10-28-16)17(26)15(25-12-23-11-24-25)8-13-4-6-14(7-5-13)19(20,21)22/h4-7,11-12,15-16H,3,8-10H2,1-2H3. The monoisotopic (exact) mass is 397 g/mol. The highest BCUT2D eigenvalue weighted by atomic mass is 19.4. The van der Waals surface area contributed by atoms with Crippen molar-refractivity contribution < 1.29 is 27.4 Å². The number of alkyl halides is 3. The van der Waals surface area contributed by atoms with Gasteiger partial charge in [0.1, 0.15) is 18.7 Å². The molecule has 1 aromatic carbocycles. The summed E-state index contributed by atoms with van der Waals surface area (Å²) in [6.07, 6.45) is -1.12. The molecule has 0 radical (unpaired) electrons. The van der Waals surface area contributed by atoms with Crippen molar-refractivity contribution in [3.8, 4) is 0 Å². The average Bonchev–Trinajstić information content (AvgIpc) is 3.20. The molecule has 9 heteroatoms. The molecule has 0 spiro atoms. The average molecular weight is 397 g/mol. The minimum atomic E-state index is -4.40. The minimum absolute atomic E-state index is 0.160. The predicted octanol–water partition coefficient (Wildman–Crippen LogP) is 3.44. The van der Waals surface area contributed by atoms with E-state index in [1.54, 1.807) is 6.92 Å². The van der Waals surface area contributed by atoms with Gasteiger partial charge in [-0.15, -0.1) is 0 Å². The molecule has 2 heterocycles. The molecule has 0 aliphatic carbocycles. The van der Waals surface area contributed by atoms with Gasteiger partial charge in [0.2, 0.25) is 0 Å². The van der Waals surface area contributed by atoms with Crippen LogP contribution in [-0.2, 0) is 26.9 Å². The topological polar surface area (TPSA) is 66.2 Å². The first kappa shape index (κ1) is 20.5. The Morgan fingerprint density at radius 3 is 2.43 bits per heavy atom. The highest BCUT2D eigenvalue weighted by Gasteiger charge is 2.43. The quantitative estimate of drug-likeness (QED) is 0.747. The van der Waals surface area contributed by atoms with Gasteiger partial charge < -0.3 is 9.47 Å². The number of hydrogen-bond acceptors (Lipinski definition) is 5. The number of hydrogen-bond donors (Lipinski definition) is 0. The Morgan fingerprint density at radius 2 is 1.93 bits per heavy atom. The Balaban J connectivity index is 1.81. The van der Waals surface area contributed by atoms with Crippen molar-refractivity contribution in [1.29, 1.82) is 0 Å². The number of ether oxygens (including phenoxy) is 2. The van der Waals surface area contributed by atoms with Crippen molar-refractivity contribution in [2.75, 3.05) is 13.2 Å². The maximum absolute atomic E-state index is 13.3. The van der Waals surface area contributed by atoms with Crippen LogP contribution in [0.5, 0.6) is 0 Å². The summed E-state index contributed by atoms with van der Waals surface area (Å²) in [5.41, 5.74) is -1.02. The lowest BCUT2D eigenvalue weighted by molar-refractivity contribution is -0.224. The maximum Gasteiger partial charge on any atom is 0.416 e. The zero-order valence-corrected chi connectivity index (χ0v) is 15.6. The van der Waals surface area contributed by atoms with E-state index >= 15 is 0 Å². The fraction of sp³-hybridized carbons (Fsp3) is 0.526. The molecule has 1 aromatic heterocycles. The van der Waals surface area contributed by atoms with Gasteiger partial charge in [0.25, 0.3) is 0 Å². The molecule has 1 atom stereocenters. The molecular formula is C19H22F3N3O3. The molecule has 1 unspecified atom stereocenters. The Bertz CT molecular complexity index is 783. The molecule has 28 heavy (non-hydrogen) atoms. The molecular weight excluding hydrogens is 375 g/mol. The first-order valence-electron chi connectivity index (χ1n) is 9.01. The Morgan fingerprint density at radius 1 is 1.29 bits per heavy atom. The van der Waals surface area contributed by atoms with Crippen LogP contribution in [-0.4, -0.2) is 40.1 Å². The second kappa shape index (κ2) is 8.00. The number of rotatable bonds is 6. The van der Waals surface area contributed by atoms with E-state index in [2.05, 4.69) is 10.1 Å². The van der Waals surface area contributed by atoms with Gasteiger partial charge in [0.05, 0.1) is 24.2 Å². The van der Waals surface area contributed by atoms with E-state index in [4.69, 9.17) is 9.47 Å². The molecule has 3 rings (SSSR count). The van der Waals surface area contributed by atoms with E-state index < -0.39 is 23.2 Å². The molecule has 2 aromatic rings. The lowest BCUT2D eigenvalue weighted by Gasteiger charge is -2.37. The molecule has 1 fully saturated rings. The van der Waals surface area contributed by atoms with E-state index in [0.717, 1.165) is 12.1 Å². The third-order valence-corrected chi connectivity index (χ3v) is 4.87.